The van der Waals surface area contributed by atoms with Gasteiger partial charge in [-0.3, -0.25) is 0 Å². The second kappa shape index (κ2) is 21.6. The molecule has 0 bridgehead atoms. The van der Waals surface area contributed by atoms with Crippen LogP contribution in [0.5, 0.6) is 11.5 Å². The zero-order valence-electron chi connectivity index (χ0n) is 31.3. The number of aromatic nitrogens is 4. The van der Waals surface area contributed by atoms with Gasteiger partial charge in [-0.15, -0.1) is 20.4 Å². The number of ether oxygens (including phenoxy) is 2. The molecule has 0 aliphatic heterocycles. The molecule has 276 valence electrons. The maximum atomic E-state index is 6.12. The van der Waals surface area contributed by atoms with Crippen molar-refractivity contribution < 1.29 is 18.3 Å². The molecular formula is C44H56N4O4. The normalized spacial score (nSPS) is 11.2. The van der Waals surface area contributed by atoms with Gasteiger partial charge in [0.15, 0.2) is 0 Å². The lowest BCUT2D eigenvalue weighted by molar-refractivity contribution is 0.304. The minimum absolute atomic E-state index is 0.386. The molecule has 0 unspecified atom stereocenters. The minimum atomic E-state index is 0.386. The van der Waals surface area contributed by atoms with Crippen molar-refractivity contribution in [3.63, 3.8) is 0 Å². The van der Waals surface area contributed by atoms with E-state index in [2.05, 4.69) is 40.8 Å². The van der Waals surface area contributed by atoms with Crippen molar-refractivity contribution in [3.05, 3.63) is 78.9 Å². The topological polar surface area (TPSA) is 96.3 Å². The lowest BCUT2D eigenvalue weighted by Gasteiger charge is -2.06. The van der Waals surface area contributed by atoms with Gasteiger partial charge in [0.25, 0.3) is 0 Å². The highest BCUT2D eigenvalue weighted by atomic mass is 16.5. The van der Waals surface area contributed by atoms with Crippen molar-refractivity contribution in [3.8, 4) is 57.3 Å². The first kappa shape index (κ1) is 38.5. The number of rotatable bonds is 25. The number of benzene rings is 3. The molecule has 0 saturated carbocycles. The Balaban J connectivity index is 1.13. The van der Waals surface area contributed by atoms with Crippen LogP contribution in [0.2, 0.25) is 0 Å². The van der Waals surface area contributed by atoms with Crippen LogP contribution in [-0.2, 0) is 0 Å². The first-order valence-electron chi connectivity index (χ1n) is 19.6. The smallest absolute Gasteiger partial charge is 0.248 e. The fraction of sp³-hybridized carbons (Fsp3) is 0.455. The van der Waals surface area contributed by atoms with Crippen molar-refractivity contribution in [1.82, 2.24) is 20.4 Å². The van der Waals surface area contributed by atoms with Crippen LogP contribution < -0.4 is 9.47 Å². The Bertz CT molecular complexity index is 1620. The SMILES string of the molecule is C=Cc1cc(-c2nnc(-c3ccc(OCCCCCCCCCC)cc3)o2)cc(-c2nnc(-c3ccc(OCCCCCCCCCC)cc3)o2)c1. The van der Waals surface area contributed by atoms with Gasteiger partial charge in [0.1, 0.15) is 11.5 Å². The van der Waals surface area contributed by atoms with Crippen molar-refractivity contribution in [1.29, 1.82) is 0 Å². The van der Waals surface area contributed by atoms with Gasteiger partial charge in [-0.05, 0) is 85.1 Å². The van der Waals surface area contributed by atoms with E-state index in [0.29, 0.717) is 23.6 Å². The molecule has 8 heteroatoms. The third-order valence-electron chi connectivity index (χ3n) is 9.27. The first-order valence-corrected chi connectivity index (χ1v) is 19.6. The van der Waals surface area contributed by atoms with E-state index in [9.17, 15) is 0 Å². The van der Waals surface area contributed by atoms with E-state index in [-0.39, 0.29) is 0 Å². The van der Waals surface area contributed by atoms with Gasteiger partial charge >= 0.3 is 0 Å². The summed E-state index contributed by atoms with van der Waals surface area (Å²) in [5.74, 6) is 3.31. The van der Waals surface area contributed by atoms with Gasteiger partial charge in [-0.25, -0.2) is 0 Å². The number of hydrogen-bond donors (Lipinski definition) is 0. The van der Waals surface area contributed by atoms with Gasteiger partial charge in [-0.2, -0.15) is 0 Å². The van der Waals surface area contributed by atoms with Crippen LogP contribution in [0, 0.1) is 0 Å². The summed E-state index contributed by atoms with van der Waals surface area (Å²) in [4.78, 5) is 0. The standard InChI is InChI=1S/C44H56N4O4/c1-4-7-9-11-13-15-17-19-29-49-39-25-21-35(22-26-39)41-45-47-43(51-41)37-31-34(6-3)32-38(33-37)44-48-46-42(52-44)36-23-27-40(28-24-36)50-30-20-18-16-14-12-10-8-5-2/h6,21-28,31-33H,3-5,7-20,29-30H2,1-2H3. The average Bonchev–Trinajstić information content (AvgIpc) is 3.89. The van der Waals surface area contributed by atoms with Crippen molar-refractivity contribution in [2.75, 3.05) is 13.2 Å². The summed E-state index contributed by atoms with van der Waals surface area (Å²) >= 11 is 0. The minimum Gasteiger partial charge on any atom is -0.494 e. The molecule has 52 heavy (non-hydrogen) atoms. The number of unbranched alkanes of at least 4 members (excludes halogenated alkanes) is 14. The monoisotopic (exact) mass is 704 g/mol. The molecule has 0 saturated heterocycles. The summed E-state index contributed by atoms with van der Waals surface area (Å²) in [6.07, 6.45) is 22.2. The summed E-state index contributed by atoms with van der Waals surface area (Å²) in [5.41, 5.74) is 3.97. The Hall–Kier alpha value is -4.72. The van der Waals surface area contributed by atoms with Crippen LogP contribution in [0.3, 0.4) is 0 Å². The third-order valence-corrected chi connectivity index (χ3v) is 9.27. The average molecular weight is 705 g/mol. The Labute approximate surface area is 310 Å². The van der Waals surface area contributed by atoms with Crippen molar-refractivity contribution >= 4 is 6.08 Å². The molecule has 5 aromatic rings. The molecule has 0 fully saturated rings. The Kier molecular flexibility index (Phi) is 16.0. The van der Waals surface area contributed by atoms with E-state index in [1.165, 1.54) is 89.9 Å². The van der Waals surface area contributed by atoms with Crippen molar-refractivity contribution in [2.24, 2.45) is 0 Å². The van der Waals surface area contributed by atoms with Gasteiger partial charge in [0.2, 0.25) is 23.6 Å². The van der Waals surface area contributed by atoms with Gasteiger partial charge in [-0.1, -0.05) is 116 Å². The fourth-order valence-corrected chi connectivity index (χ4v) is 6.17. The zero-order valence-corrected chi connectivity index (χ0v) is 31.3. The Morgan fingerprint density at radius 2 is 0.808 bits per heavy atom. The molecule has 0 spiro atoms. The fourth-order valence-electron chi connectivity index (χ4n) is 6.17. The summed E-state index contributed by atoms with van der Waals surface area (Å²) in [5, 5.41) is 17.3. The molecule has 0 atom stereocenters. The highest BCUT2D eigenvalue weighted by molar-refractivity contribution is 5.71. The molecule has 0 amide bonds. The van der Waals surface area contributed by atoms with Crippen LogP contribution in [0.15, 0.2) is 82.1 Å². The molecule has 5 rings (SSSR count). The van der Waals surface area contributed by atoms with Gasteiger partial charge in [0.05, 0.1) is 13.2 Å². The Morgan fingerprint density at radius 1 is 0.462 bits per heavy atom. The predicted molar refractivity (Wildman–Crippen MR) is 210 cm³/mol. The van der Waals surface area contributed by atoms with Crippen LogP contribution in [-0.4, -0.2) is 33.6 Å². The van der Waals surface area contributed by atoms with E-state index < -0.39 is 0 Å². The first-order chi connectivity index (χ1) is 25.7. The molecular weight excluding hydrogens is 649 g/mol. The quantitative estimate of drug-likeness (QED) is 0.0554. The van der Waals surface area contributed by atoms with Gasteiger partial charge < -0.3 is 18.3 Å². The van der Waals surface area contributed by atoms with E-state index in [4.69, 9.17) is 18.3 Å². The highest BCUT2D eigenvalue weighted by Crippen LogP contribution is 2.32. The summed E-state index contributed by atoms with van der Waals surface area (Å²) in [6.45, 7) is 9.93. The lowest BCUT2D eigenvalue weighted by atomic mass is 10.1. The molecule has 2 heterocycles. The number of hydrogen-bond acceptors (Lipinski definition) is 8. The number of nitrogens with zero attached hydrogens (tertiary/aromatic N) is 4. The second-order valence-electron chi connectivity index (χ2n) is 13.6. The lowest BCUT2D eigenvalue weighted by Crippen LogP contribution is -1.97. The van der Waals surface area contributed by atoms with Crippen LogP contribution >= 0.6 is 0 Å². The van der Waals surface area contributed by atoms with E-state index in [1.54, 1.807) is 6.08 Å². The summed E-state index contributed by atoms with van der Waals surface area (Å²) in [6, 6.07) is 21.4. The highest BCUT2D eigenvalue weighted by Gasteiger charge is 2.16. The van der Waals surface area contributed by atoms with Gasteiger partial charge in [0, 0.05) is 22.3 Å². The summed E-state index contributed by atoms with van der Waals surface area (Å²) in [7, 11) is 0. The predicted octanol–water partition coefficient (Wildman–Crippen LogP) is 12.8. The van der Waals surface area contributed by atoms with E-state index in [0.717, 1.165) is 65.4 Å². The molecule has 8 nitrogen and oxygen atoms in total. The molecule has 0 N–H and O–H groups in total. The molecule has 0 aliphatic rings. The second-order valence-corrected chi connectivity index (χ2v) is 13.6. The van der Waals surface area contributed by atoms with E-state index in [1.807, 2.05) is 66.7 Å². The maximum absolute atomic E-state index is 6.12. The molecule has 2 aromatic heterocycles. The summed E-state index contributed by atoms with van der Waals surface area (Å²) < 4.78 is 24.2. The van der Waals surface area contributed by atoms with Crippen LogP contribution in [0.25, 0.3) is 51.9 Å². The maximum Gasteiger partial charge on any atom is 0.248 e. The molecule has 3 aromatic carbocycles. The molecule has 0 aliphatic carbocycles. The van der Waals surface area contributed by atoms with Crippen LogP contribution in [0.1, 0.15) is 122 Å². The largest absolute Gasteiger partial charge is 0.494 e. The Morgan fingerprint density at radius 3 is 1.17 bits per heavy atom. The van der Waals surface area contributed by atoms with Crippen molar-refractivity contribution in [2.45, 2.75) is 117 Å². The molecule has 0 radical (unpaired) electrons. The van der Waals surface area contributed by atoms with E-state index >= 15 is 0 Å². The third kappa shape index (κ3) is 12.2. The van der Waals surface area contributed by atoms with Crippen LogP contribution in [0.4, 0.5) is 0 Å². The zero-order chi connectivity index (χ0) is 36.2.